The Hall–Kier alpha value is -1.66. The van der Waals surface area contributed by atoms with Crippen molar-refractivity contribution in [2.45, 2.75) is 39.5 Å². The molecule has 0 atom stereocenters. The van der Waals surface area contributed by atoms with E-state index in [1.165, 1.54) is 0 Å². The van der Waals surface area contributed by atoms with Crippen molar-refractivity contribution in [3.05, 3.63) is 24.3 Å². The van der Waals surface area contributed by atoms with E-state index < -0.39 is 0 Å². The number of unbranched alkanes of at least 4 members (excludes halogenated alkanes) is 2. The number of aliphatic hydroxyl groups excluding tert-OH is 2. The van der Waals surface area contributed by atoms with Crippen LogP contribution in [0.5, 0.6) is 0 Å². The Labute approximate surface area is 132 Å². The Kier molecular flexibility index (Phi) is 16.2. The van der Waals surface area contributed by atoms with Crippen molar-refractivity contribution in [2.24, 2.45) is 0 Å². The fourth-order valence-corrected chi connectivity index (χ4v) is 1.00. The summed E-state index contributed by atoms with van der Waals surface area (Å²) in [4.78, 5) is 21.9. The van der Waals surface area contributed by atoms with E-state index >= 15 is 0 Å². The van der Waals surface area contributed by atoms with Gasteiger partial charge in [0.2, 0.25) is 0 Å². The predicted octanol–water partition coefficient (Wildman–Crippen LogP) is 1.76. The second kappa shape index (κ2) is 15.7. The van der Waals surface area contributed by atoms with Gasteiger partial charge in [0.25, 0.3) is 0 Å². The van der Waals surface area contributed by atoms with Crippen LogP contribution in [-0.4, -0.2) is 48.6 Å². The number of rotatable bonds is 10. The minimum Gasteiger partial charge on any atom is -0.462 e. The molecule has 0 fully saturated rings. The van der Waals surface area contributed by atoms with Gasteiger partial charge in [-0.3, -0.25) is 0 Å². The summed E-state index contributed by atoms with van der Waals surface area (Å²) in [6.45, 7) is 11.1. The van der Waals surface area contributed by atoms with E-state index in [9.17, 15) is 9.59 Å². The summed E-state index contributed by atoms with van der Waals surface area (Å²) >= 11 is 0. The quantitative estimate of drug-likeness (QED) is 0.362. The topological polar surface area (TPSA) is 93.1 Å². The molecule has 0 saturated carbocycles. The highest BCUT2D eigenvalue weighted by atomic mass is 16.5. The van der Waals surface area contributed by atoms with Crippen molar-refractivity contribution in [1.82, 2.24) is 0 Å². The molecule has 0 unspecified atom stereocenters. The number of hydrogen-bond donors (Lipinski definition) is 2. The van der Waals surface area contributed by atoms with Crippen LogP contribution in [0.3, 0.4) is 0 Å². The maximum atomic E-state index is 11.0. The Morgan fingerprint density at radius 2 is 1.09 bits per heavy atom. The molecule has 6 heteroatoms. The van der Waals surface area contributed by atoms with E-state index in [1.807, 2.05) is 0 Å². The zero-order valence-electron chi connectivity index (χ0n) is 13.6. The molecule has 0 aliphatic rings. The second-order valence-electron chi connectivity index (χ2n) is 4.69. The fourth-order valence-electron chi connectivity index (χ4n) is 1.00. The minimum atomic E-state index is -0.390. The van der Waals surface area contributed by atoms with Crippen molar-refractivity contribution in [3.8, 4) is 0 Å². The summed E-state index contributed by atoms with van der Waals surface area (Å²) < 4.78 is 9.72. The zero-order valence-corrected chi connectivity index (χ0v) is 13.6. The molecule has 0 aromatic rings. The summed E-state index contributed by atoms with van der Waals surface area (Å²) in [7, 11) is 0. The van der Waals surface area contributed by atoms with Crippen LogP contribution in [0, 0.1) is 0 Å². The standard InChI is InChI=1S/C12H18O4.C4H10O2/c1-9(2)11(13)15-7-5-6-8-16-12(14)10(3)4;5-3-1-2-4-6/h1,3,5-8H2,2,4H3;5-6H,1-4H2. The average molecular weight is 316 g/mol. The molecule has 22 heavy (non-hydrogen) atoms. The van der Waals surface area contributed by atoms with Gasteiger partial charge in [-0.05, 0) is 39.5 Å². The molecular formula is C16H28O6. The first-order chi connectivity index (χ1) is 10.4. The highest BCUT2D eigenvalue weighted by molar-refractivity contribution is 5.87. The lowest BCUT2D eigenvalue weighted by Gasteiger charge is -2.05. The lowest BCUT2D eigenvalue weighted by Crippen LogP contribution is -2.09. The summed E-state index contributed by atoms with van der Waals surface area (Å²) in [6, 6.07) is 0. The molecular weight excluding hydrogens is 288 g/mol. The third-order valence-electron chi connectivity index (χ3n) is 2.27. The highest BCUT2D eigenvalue weighted by Crippen LogP contribution is 1.98. The van der Waals surface area contributed by atoms with Crippen LogP contribution in [-0.2, 0) is 19.1 Å². The molecule has 0 radical (unpaired) electrons. The van der Waals surface area contributed by atoms with Gasteiger partial charge in [-0.1, -0.05) is 13.2 Å². The molecule has 0 aromatic heterocycles. The third kappa shape index (κ3) is 16.4. The van der Waals surface area contributed by atoms with E-state index in [0.29, 0.717) is 37.2 Å². The minimum absolute atomic E-state index is 0.195. The first-order valence-corrected chi connectivity index (χ1v) is 7.23. The molecule has 2 N–H and O–H groups in total. The second-order valence-corrected chi connectivity index (χ2v) is 4.69. The normalized spacial score (nSPS) is 9.27. The van der Waals surface area contributed by atoms with E-state index in [4.69, 9.17) is 19.7 Å². The molecule has 0 aliphatic heterocycles. The van der Waals surface area contributed by atoms with Crippen LogP contribution in [0.25, 0.3) is 0 Å². The zero-order chi connectivity index (χ0) is 17.4. The van der Waals surface area contributed by atoms with E-state index in [-0.39, 0.29) is 25.2 Å². The number of aliphatic hydroxyl groups is 2. The number of hydrogen-bond acceptors (Lipinski definition) is 6. The maximum Gasteiger partial charge on any atom is 0.333 e. The van der Waals surface area contributed by atoms with Crippen LogP contribution < -0.4 is 0 Å². The Balaban J connectivity index is 0. The van der Waals surface area contributed by atoms with Crippen molar-refractivity contribution in [1.29, 1.82) is 0 Å². The molecule has 0 spiro atoms. The first kappa shape index (κ1) is 22.6. The van der Waals surface area contributed by atoms with E-state index in [2.05, 4.69) is 13.2 Å². The molecule has 0 heterocycles. The molecule has 0 aliphatic carbocycles. The Bertz CT molecular complexity index is 315. The Morgan fingerprint density at radius 3 is 1.32 bits per heavy atom. The van der Waals surface area contributed by atoms with Gasteiger partial charge in [0, 0.05) is 24.4 Å². The van der Waals surface area contributed by atoms with Gasteiger partial charge < -0.3 is 19.7 Å². The number of carbonyl (C=O) groups excluding carboxylic acids is 2. The van der Waals surface area contributed by atoms with Crippen LogP contribution in [0.1, 0.15) is 39.5 Å². The highest BCUT2D eigenvalue weighted by Gasteiger charge is 2.04. The Morgan fingerprint density at radius 1 is 0.773 bits per heavy atom. The smallest absolute Gasteiger partial charge is 0.333 e. The lowest BCUT2D eigenvalue weighted by atomic mass is 10.3. The largest absolute Gasteiger partial charge is 0.462 e. The molecule has 0 amide bonds. The average Bonchev–Trinajstić information content (AvgIpc) is 2.48. The summed E-state index contributed by atoms with van der Waals surface area (Å²) in [6.07, 6.45) is 2.75. The molecule has 0 rings (SSSR count). The number of esters is 2. The van der Waals surface area contributed by atoms with Crippen LogP contribution in [0.4, 0.5) is 0 Å². The van der Waals surface area contributed by atoms with Gasteiger partial charge in [-0.2, -0.15) is 0 Å². The third-order valence-corrected chi connectivity index (χ3v) is 2.27. The van der Waals surface area contributed by atoms with Gasteiger partial charge in [0.15, 0.2) is 0 Å². The van der Waals surface area contributed by atoms with Crippen molar-refractivity contribution in [3.63, 3.8) is 0 Å². The maximum absolute atomic E-state index is 11.0. The molecule has 0 aromatic carbocycles. The fraction of sp³-hybridized carbons (Fsp3) is 0.625. The number of ether oxygens (including phenoxy) is 2. The van der Waals surface area contributed by atoms with Gasteiger partial charge in [0.1, 0.15) is 0 Å². The summed E-state index contributed by atoms with van der Waals surface area (Å²) in [5, 5.41) is 16.2. The van der Waals surface area contributed by atoms with E-state index in [1.54, 1.807) is 13.8 Å². The van der Waals surface area contributed by atoms with Gasteiger partial charge in [0.05, 0.1) is 13.2 Å². The van der Waals surface area contributed by atoms with Crippen molar-refractivity contribution in [2.75, 3.05) is 26.4 Å². The molecule has 128 valence electrons. The summed E-state index contributed by atoms with van der Waals surface area (Å²) in [5.41, 5.74) is 0.766. The predicted molar refractivity (Wildman–Crippen MR) is 84.2 cm³/mol. The van der Waals surface area contributed by atoms with E-state index in [0.717, 1.165) is 12.8 Å². The van der Waals surface area contributed by atoms with Crippen molar-refractivity contribution >= 4 is 11.9 Å². The van der Waals surface area contributed by atoms with Crippen molar-refractivity contribution < 1.29 is 29.3 Å². The molecule has 0 bridgehead atoms. The lowest BCUT2D eigenvalue weighted by molar-refractivity contribution is -0.141. The summed E-state index contributed by atoms with van der Waals surface area (Å²) in [5.74, 6) is -0.780. The monoisotopic (exact) mass is 316 g/mol. The van der Waals surface area contributed by atoms with Gasteiger partial charge >= 0.3 is 11.9 Å². The SMILES string of the molecule is C=C(C)C(=O)OCCCCOC(=O)C(=C)C.OCCCCO. The van der Waals surface area contributed by atoms with Crippen LogP contribution in [0.15, 0.2) is 24.3 Å². The first-order valence-electron chi connectivity index (χ1n) is 7.23. The van der Waals surface area contributed by atoms with Crippen LogP contribution >= 0.6 is 0 Å². The molecule has 0 saturated heterocycles. The molecule has 6 nitrogen and oxygen atoms in total. The van der Waals surface area contributed by atoms with Gasteiger partial charge in [-0.15, -0.1) is 0 Å². The van der Waals surface area contributed by atoms with Gasteiger partial charge in [-0.25, -0.2) is 9.59 Å². The van der Waals surface area contributed by atoms with Crippen LogP contribution in [0.2, 0.25) is 0 Å². The number of carbonyl (C=O) groups is 2.